The van der Waals surface area contributed by atoms with Gasteiger partial charge in [0, 0.05) is 12.5 Å². The molecule has 4 rings (SSSR count). The standard InChI is InChI=1S/C23H27N3O2/c1-17(27)26-23(14-9-15-25(2)3,18-10-5-4-6-11-18)20-16-28-21-13-8-7-12-19(21)22(20)24-26/h4-8,10-13,20H,9,14-16H2,1-3H3/t20-,23-/m1/s1. The maximum absolute atomic E-state index is 12.8. The first kappa shape index (κ1) is 18.7. The fourth-order valence-electron chi connectivity index (χ4n) is 4.57. The fraction of sp³-hybridized carbons (Fsp3) is 0.391. The van der Waals surface area contributed by atoms with Gasteiger partial charge in [-0.1, -0.05) is 42.5 Å². The lowest BCUT2D eigenvalue weighted by Crippen LogP contribution is -2.51. The Bertz CT molecular complexity index is 894. The Morgan fingerprint density at radius 1 is 1.18 bits per heavy atom. The number of hydrazone groups is 1. The summed E-state index contributed by atoms with van der Waals surface area (Å²) in [4.78, 5) is 14.9. The van der Waals surface area contributed by atoms with Crippen molar-refractivity contribution in [2.45, 2.75) is 25.3 Å². The maximum Gasteiger partial charge on any atom is 0.240 e. The van der Waals surface area contributed by atoms with Gasteiger partial charge in [-0.15, -0.1) is 0 Å². The monoisotopic (exact) mass is 377 g/mol. The normalized spacial score (nSPS) is 23.1. The molecule has 0 saturated carbocycles. The second kappa shape index (κ2) is 7.40. The molecule has 0 saturated heterocycles. The van der Waals surface area contributed by atoms with Crippen molar-refractivity contribution in [3.8, 4) is 5.75 Å². The summed E-state index contributed by atoms with van der Waals surface area (Å²) in [5, 5.41) is 6.61. The SMILES string of the molecule is CC(=O)N1N=C2c3ccccc3OC[C@H]2[C@@]1(CCCN(C)C)c1ccccc1. The van der Waals surface area contributed by atoms with E-state index in [4.69, 9.17) is 9.84 Å². The third-order valence-electron chi connectivity index (χ3n) is 5.80. The zero-order valence-electron chi connectivity index (χ0n) is 16.8. The third kappa shape index (κ3) is 3.00. The molecular formula is C23H27N3O2. The molecule has 0 fully saturated rings. The molecule has 0 bridgehead atoms. The highest BCUT2D eigenvalue weighted by Crippen LogP contribution is 2.49. The van der Waals surface area contributed by atoms with Crippen LogP contribution in [0, 0.1) is 5.92 Å². The summed E-state index contributed by atoms with van der Waals surface area (Å²) in [6.07, 6.45) is 1.80. The predicted octanol–water partition coefficient (Wildman–Crippen LogP) is 3.50. The van der Waals surface area contributed by atoms with E-state index in [1.165, 1.54) is 0 Å². The molecule has 0 unspecified atom stereocenters. The number of carbonyl (C=O) groups excluding carboxylic acids is 1. The molecule has 0 spiro atoms. The molecule has 0 radical (unpaired) electrons. The molecule has 0 aromatic heterocycles. The number of carbonyl (C=O) groups is 1. The first-order valence-corrected chi connectivity index (χ1v) is 9.86. The highest BCUT2D eigenvalue weighted by molar-refractivity contribution is 6.08. The quantitative estimate of drug-likeness (QED) is 0.801. The van der Waals surface area contributed by atoms with Crippen LogP contribution >= 0.6 is 0 Å². The van der Waals surface area contributed by atoms with Crippen LogP contribution in [0.4, 0.5) is 0 Å². The third-order valence-corrected chi connectivity index (χ3v) is 5.80. The van der Waals surface area contributed by atoms with Crippen LogP contribution in [-0.4, -0.2) is 48.8 Å². The van der Waals surface area contributed by atoms with Gasteiger partial charge in [0.1, 0.15) is 11.3 Å². The van der Waals surface area contributed by atoms with E-state index in [2.05, 4.69) is 31.1 Å². The predicted molar refractivity (Wildman–Crippen MR) is 110 cm³/mol. The number of benzene rings is 2. The highest BCUT2D eigenvalue weighted by atomic mass is 16.5. The van der Waals surface area contributed by atoms with Crippen LogP contribution in [0.15, 0.2) is 59.7 Å². The van der Waals surface area contributed by atoms with E-state index in [0.29, 0.717) is 6.61 Å². The Morgan fingerprint density at radius 2 is 1.89 bits per heavy atom. The van der Waals surface area contributed by atoms with Gasteiger partial charge in [0.25, 0.3) is 0 Å². The number of amides is 1. The van der Waals surface area contributed by atoms with Gasteiger partial charge in [0.2, 0.25) is 5.91 Å². The first-order valence-electron chi connectivity index (χ1n) is 9.86. The average Bonchev–Trinajstić information content (AvgIpc) is 3.04. The van der Waals surface area contributed by atoms with Crippen molar-refractivity contribution in [2.24, 2.45) is 11.0 Å². The summed E-state index contributed by atoms with van der Waals surface area (Å²) in [7, 11) is 4.16. The minimum Gasteiger partial charge on any atom is -0.492 e. The van der Waals surface area contributed by atoms with Gasteiger partial charge in [0.15, 0.2) is 0 Å². The molecule has 5 nitrogen and oxygen atoms in total. The van der Waals surface area contributed by atoms with Crippen molar-refractivity contribution in [2.75, 3.05) is 27.2 Å². The van der Waals surface area contributed by atoms with E-state index >= 15 is 0 Å². The summed E-state index contributed by atoms with van der Waals surface area (Å²) in [6.45, 7) is 3.09. The molecule has 2 aliphatic rings. The molecule has 2 aliphatic heterocycles. The molecular weight excluding hydrogens is 350 g/mol. The van der Waals surface area contributed by atoms with E-state index in [1.54, 1.807) is 11.9 Å². The lowest BCUT2D eigenvalue weighted by atomic mass is 9.71. The second-order valence-electron chi connectivity index (χ2n) is 7.87. The van der Waals surface area contributed by atoms with Crippen LogP contribution in [0.5, 0.6) is 5.75 Å². The van der Waals surface area contributed by atoms with Gasteiger partial charge in [-0.3, -0.25) is 4.79 Å². The van der Waals surface area contributed by atoms with Crippen LogP contribution in [0.2, 0.25) is 0 Å². The molecule has 2 aromatic carbocycles. The molecule has 2 atom stereocenters. The van der Waals surface area contributed by atoms with Crippen LogP contribution in [-0.2, 0) is 10.3 Å². The number of nitrogens with zero attached hydrogens (tertiary/aromatic N) is 3. The number of fused-ring (bicyclic) bond motifs is 3. The van der Waals surface area contributed by atoms with Gasteiger partial charge in [-0.25, -0.2) is 5.01 Å². The number of ether oxygens (including phenoxy) is 1. The van der Waals surface area contributed by atoms with Crippen LogP contribution < -0.4 is 4.74 Å². The zero-order valence-corrected chi connectivity index (χ0v) is 16.8. The number of para-hydroxylation sites is 1. The second-order valence-corrected chi connectivity index (χ2v) is 7.87. The van der Waals surface area contributed by atoms with Gasteiger partial charge in [0.05, 0.1) is 18.2 Å². The highest BCUT2D eigenvalue weighted by Gasteiger charge is 2.55. The lowest BCUT2D eigenvalue weighted by Gasteiger charge is -2.42. The van der Waals surface area contributed by atoms with Gasteiger partial charge in [-0.2, -0.15) is 5.10 Å². The summed E-state index contributed by atoms with van der Waals surface area (Å²) >= 11 is 0. The molecule has 1 amide bonds. The van der Waals surface area contributed by atoms with Crippen molar-refractivity contribution in [3.63, 3.8) is 0 Å². The van der Waals surface area contributed by atoms with E-state index < -0.39 is 5.54 Å². The minimum atomic E-state index is -0.522. The van der Waals surface area contributed by atoms with E-state index in [9.17, 15) is 4.79 Å². The van der Waals surface area contributed by atoms with Crippen molar-refractivity contribution in [3.05, 3.63) is 65.7 Å². The van der Waals surface area contributed by atoms with Crippen LogP contribution in [0.25, 0.3) is 0 Å². The van der Waals surface area contributed by atoms with E-state index in [0.717, 1.165) is 42.0 Å². The summed E-state index contributed by atoms with van der Waals surface area (Å²) < 4.78 is 6.14. The Hall–Kier alpha value is -2.66. The largest absolute Gasteiger partial charge is 0.492 e. The minimum absolute atomic E-state index is 0.0101. The van der Waals surface area contributed by atoms with Crippen LogP contribution in [0.1, 0.15) is 30.9 Å². The Kier molecular flexibility index (Phi) is 4.94. The first-order chi connectivity index (χ1) is 13.5. The molecule has 5 heteroatoms. The number of hydrogen-bond donors (Lipinski definition) is 0. The maximum atomic E-state index is 12.8. The molecule has 146 valence electrons. The number of hydrogen-bond acceptors (Lipinski definition) is 4. The summed E-state index contributed by atoms with van der Waals surface area (Å²) in [5.41, 5.74) is 2.56. The Labute approximate surface area is 166 Å². The number of rotatable bonds is 5. The van der Waals surface area contributed by atoms with Crippen molar-refractivity contribution in [1.82, 2.24) is 9.91 Å². The molecule has 2 aromatic rings. The lowest BCUT2D eigenvalue weighted by molar-refractivity contribution is -0.136. The fourth-order valence-corrected chi connectivity index (χ4v) is 4.57. The topological polar surface area (TPSA) is 45.1 Å². The molecule has 28 heavy (non-hydrogen) atoms. The molecule has 0 aliphatic carbocycles. The van der Waals surface area contributed by atoms with Gasteiger partial charge < -0.3 is 9.64 Å². The molecule has 2 heterocycles. The Morgan fingerprint density at radius 3 is 2.61 bits per heavy atom. The van der Waals surface area contributed by atoms with Gasteiger partial charge >= 0.3 is 0 Å². The zero-order chi connectivity index (χ0) is 19.7. The van der Waals surface area contributed by atoms with Crippen molar-refractivity contribution in [1.29, 1.82) is 0 Å². The smallest absolute Gasteiger partial charge is 0.240 e. The molecule has 0 N–H and O–H groups in total. The van der Waals surface area contributed by atoms with E-state index in [-0.39, 0.29) is 11.8 Å². The van der Waals surface area contributed by atoms with Crippen molar-refractivity contribution < 1.29 is 9.53 Å². The van der Waals surface area contributed by atoms with E-state index in [1.807, 2.05) is 42.5 Å². The Balaban J connectivity index is 1.84. The van der Waals surface area contributed by atoms with Gasteiger partial charge in [-0.05, 0) is 51.2 Å². The summed E-state index contributed by atoms with van der Waals surface area (Å²) in [6, 6.07) is 18.3. The van der Waals surface area contributed by atoms with Crippen molar-refractivity contribution >= 4 is 11.6 Å². The van der Waals surface area contributed by atoms with Crippen LogP contribution in [0.3, 0.4) is 0 Å². The average molecular weight is 377 g/mol. The summed E-state index contributed by atoms with van der Waals surface area (Å²) in [5.74, 6) is 0.821.